The van der Waals surface area contributed by atoms with Crippen molar-refractivity contribution >= 4 is 34.8 Å². The number of ether oxygens (including phenoxy) is 2. The molecule has 0 radical (unpaired) electrons. The molecular formula is C21H19N3O5S. The number of anilines is 1. The van der Waals surface area contributed by atoms with Gasteiger partial charge in [0.1, 0.15) is 10.8 Å². The number of aromatic nitrogens is 1. The van der Waals surface area contributed by atoms with Crippen molar-refractivity contribution in [3.8, 4) is 16.3 Å². The number of nitrogens with zero attached hydrogens (tertiary/aromatic N) is 1. The van der Waals surface area contributed by atoms with Crippen molar-refractivity contribution in [1.82, 2.24) is 4.98 Å². The molecule has 0 spiro atoms. The molecule has 0 aliphatic heterocycles. The van der Waals surface area contributed by atoms with Gasteiger partial charge in [0.05, 0.1) is 7.11 Å². The minimum Gasteiger partial charge on any atom is -0.497 e. The quantitative estimate of drug-likeness (QED) is 0.561. The van der Waals surface area contributed by atoms with E-state index in [2.05, 4.69) is 10.3 Å². The number of methoxy groups -OCH3 is 1. The van der Waals surface area contributed by atoms with Gasteiger partial charge in [-0.1, -0.05) is 0 Å². The monoisotopic (exact) mass is 425 g/mol. The normalized spacial score (nSPS) is 11.4. The first-order chi connectivity index (χ1) is 14.4. The summed E-state index contributed by atoms with van der Waals surface area (Å²) in [5.41, 5.74) is 6.91. The predicted octanol–water partition coefficient (Wildman–Crippen LogP) is 3.10. The summed E-state index contributed by atoms with van der Waals surface area (Å²) in [6.07, 6.45) is -1.04. The maximum Gasteiger partial charge on any atom is 0.358 e. The maximum atomic E-state index is 12.3. The second-order valence-corrected chi connectivity index (χ2v) is 7.10. The molecule has 0 aliphatic rings. The number of nitrogens with one attached hydrogen (secondary N) is 1. The van der Waals surface area contributed by atoms with Crippen LogP contribution in [0.25, 0.3) is 10.6 Å². The van der Waals surface area contributed by atoms with E-state index in [9.17, 15) is 14.4 Å². The van der Waals surface area contributed by atoms with Crippen molar-refractivity contribution in [2.75, 3.05) is 12.4 Å². The lowest BCUT2D eigenvalue weighted by Crippen LogP contribution is -2.30. The number of carbonyl (C=O) groups is 3. The molecule has 1 heterocycles. The van der Waals surface area contributed by atoms with Crippen LogP contribution < -0.4 is 15.8 Å². The van der Waals surface area contributed by atoms with Crippen LogP contribution >= 0.6 is 11.3 Å². The van der Waals surface area contributed by atoms with Crippen LogP contribution in [-0.4, -0.2) is 36.0 Å². The molecule has 3 aromatic rings. The van der Waals surface area contributed by atoms with Crippen LogP contribution in [0.5, 0.6) is 5.75 Å². The lowest BCUT2D eigenvalue weighted by Gasteiger charge is -2.13. The molecule has 0 saturated heterocycles. The fraction of sp³-hybridized carbons (Fsp3) is 0.143. The van der Waals surface area contributed by atoms with E-state index < -0.39 is 23.9 Å². The fourth-order valence-electron chi connectivity index (χ4n) is 2.47. The third kappa shape index (κ3) is 5.00. The van der Waals surface area contributed by atoms with Crippen LogP contribution in [0, 0.1) is 0 Å². The molecule has 0 fully saturated rings. The Bertz CT molecular complexity index is 1060. The largest absolute Gasteiger partial charge is 0.497 e. The number of esters is 1. The van der Waals surface area contributed by atoms with Gasteiger partial charge in [0.25, 0.3) is 5.91 Å². The molecule has 30 heavy (non-hydrogen) atoms. The highest BCUT2D eigenvalue weighted by atomic mass is 32.1. The van der Waals surface area contributed by atoms with Gasteiger partial charge >= 0.3 is 5.97 Å². The maximum absolute atomic E-state index is 12.3. The van der Waals surface area contributed by atoms with E-state index in [1.807, 2.05) is 12.1 Å². The van der Waals surface area contributed by atoms with Gasteiger partial charge in [0, 0.05) is 22.2 Å². The van der Waals surface area contributed by atoms with Gasteiger partial charge in [0.2, 0.25) is 5.91 Å². The third-order valence-electron chi connectivity index (χ3n) is 4.14. The Balaban J connectivity index is 1.60. The number of benzene rings is 2. The number of primary amides is 1. The smallest absolute Gasteiger partial charge is 0.358 e. The van der Waals surface area contributed by atoms with Crippen LogP contribution in [0.15, 0.2) is 53.9 Å². The van der Waals surface area contributed by atoms with Crippen molar-refractivity contribution in [3.05, 3.63) is 65.2 Å². The highest BCUT2D eigenvalue weighted by Crippen LogP contribution is 2.26. The van der Waals surface area contributed by atoms with Crippen molar-refractivity contribution in [3.63, 3.8) is 0 Å². The molecule has 9 heteroatoms. The lowest BCUT2D eigenvalue weighted by atomic mass is 10.2. The van der Waals surface area contributed by atoms with Crippen LogP contribution in [0.3, 0.4) is 0 Å². The summed E-state index contributed by atoms with van der Waals surface area (Å²) in [6.45, 7) is 1.46. The van der Waals surface area contributed by atoms with Crippen molar-refractivity contribution in [1.29, 1.82) is 0 Å². The van der Waals surface area contributed by atoms with Crippen LogP contribution in [0.2, 0.25) is 0 Å². The zero-order valence-electron chi connectivity index (χ0n) is 16.2. The summed E-state index contributed by atoms with van der Waals surface area (Å²) in [5, 5.41) is 4.84. The summed E-state index contributed by atoms with van der Waals surface area (Å²) in [5.74, 6) is -1.05. The summed E-state index contributed by atoms with van der Waals surface area (Å²) >= 11 is 1.30. The highest BCUT2D eigenvalue weighted by Gasteiger charge is 2.21. The Morgan fingerprint density at radius 1 is 1.07 bits per heavy atom. The number of amides is 2. The van der Waals surface area contributed by atoms with Gasteiger partial charge < -0.3 is 20.5 Å². The Morgan fingerprint density at radius 3 is 2.33 bits per heavy atom. The number of hydrogen-bond donors (Lipinski definition) is 2. The number of hydrogen-bond acceptors (Lipinski definition) is 7. The first-order valence-corrected chi connectivity index (χ1v) is 9.77. The third-order valence-corrected chi connectivity index (χ3v) is 5.03. The summed E-state index contributed by atoms with van der Waals surface area (Å²) in [6, 6.07) is 13.3. The van der Waals surface area contributed by atoms with Crippen LogP contribution in [0.1, 0.15) is 27.8 Å². The second kappa shape index (κ2) is 9.19. The Hall–Kier alpha value is -3.72. The van der Waals surface area contributed by atoms with Crippen molar-refractivity contribution < 1.29 is 23.9 Å². The Kier molecular flexibility index (Phi) is 6.43. The molecule has 3 N–H and O–H groups in total. The predicted molar refractivity (Wildman–Crippen MR) is 113 cm³/mol. The van der Waals surface area contributed by atoms with Crippen LogP contribution in [-0.2, 0) is 9.53 Å². The molecule has 3 rings (SSSR count). The summed E-state index contributed by atoms with van der Waals surface area (Å²) in [7, 11) is 1.58. The second-order valence-electron chi connectivity index (χ2n) is 6.24. The molecule has 1 aromatic heterocycles. The zero-order valence-corrected chi connectivity index (χ0v) is 17.1. The fourth-order valence-corrected chi connectivity index (χ4v) is 3.27. The Labute approximate surface area is 176 Å². The number of rotatable bonds is 7. The van der Waals surface area contributed by atoms with Crippen LogP contribution in [0.4, 0.5) is 5.69 Å². The summed E-state index contributed by atoms with van der Waals surface area (Å²) < 4.78 is 10.3. The first-order valence-electron chi connectivity index (χ1n) is 8.89. The average Bonchev–Trinajstić information content (AvgIpc) is 3.24. The van der Waals surface area contributed by atoms with Gasteiger partial charge in [-0.2, -0.15) is 0 Å². The minimum atomic E-state index is -1.04. The van der Waals surface area contributed by atoms with E-state index in [-0.39, 0.29) is 5.69 Å². The molecule has 154 valence electrons. The van der Waals surface area contributed by atoms with Gasteiger partial charge in [-0.15, -0.1) is 11.3 Å². The first kappa shape index (κ1) is 21.0. The topological polar surface area (TPSA) is 121 Å². The number of thiazole rings is 1. The van der Waals surface area contributed by atoms with E-state index >= 15 is 0 Å². The minimum absolute atomic E-state index is 0.122. The van der Waals surface area contributed by atoms with E-state index in [1.165, 1.54) is 42.5 Å². The van der Waals surface area contributed by atoms with Crippen molar-refractivity contribution in [2.45, 2.75) is 13.0 Å². The van der Waals surface area contributed by atoms with E-state index in [1.54, 1.807) is 24.6 Å². The molecule has 0 bridgehead atoms. The molecule has 1 unspecified atom stereocenters. The van der Waals surface area contributed by atoms with Crippen molar-refractivity contribution in [2.24, 2.45) is 5.73 Å². The number of carbonyl (C=O) groups excluding carboxylic acids is 3. The molecule has 0 saturated carbocycles. The zero-order chi connectivity index (χ0) is 21.7. The molecule has 2 aromatic carbocycles. The lowest BCUT2D eigenvalue weighted by molar-refractivity contribution is -0.123. The SMILES string of the molecule is COc1ccc(-c2nc(C(=O)OC(C)C(=O)Nc3ccc(C(N)=O)cc3)cs2)cc1. The molecule has 1 atom stereocenters. The number of nitrogens with two attached hydrogens (primary N) is 1. The molecular weight excluding hydrogens is 406 g/mol. The average molecular weight is 425 g/mol. The highest BCUT2D eigenvalue weighted by molar-refractivity contribution is 7.13. The van der Waals surface area contributed by atoms with Gasteiger partial charge in [0.15, 0.2) is 11.8 Å². The molecule has 8 nitrogen and oxygen atoms in total. The van der Waals surface area contributed by atoms with E-state index in [4.69, 9.17) is 15.2 Å². The van der Waals surface area contributed by atoms with Gasteiger partial charge in [-0.05, 0) is 55.5 Å². The Morgan fingerprint density at radius 2 is 1.73 bits per heavy atom. The standard InChI is InChI=1S/C21H19N3O5S/c1-12(19(26)23-15-7-3-13(4-8-15)18(22)25)29-21(27)17-11-30-20(24-17)14-5-9-16(28-2)10-6-14/h3-12H,1-2H3,(H2,22,25)(H,23,26). The summed E-state index contributed by atoms with van der Waals surface area (Å²) in [4.78, 5) is 40.0. The molecule has 2 amide bonds. The van der Waals surface area contributed by atoms with E-state index in [0.717, 1.165) is 11.3 Å². The van der Waals surface area contributed by atoms with E-state index in [0.29, 0.717) is 16.3 Å². The van der Waals surface area contributed by atoms with Gasteiger partial charge in [-0.25, -0.2) is 9.78 Å². The molecule has 0 aliphatic carbocycles. The van der Waals surface area contributed by atoms with Gasteiger partial charge in [-0.3, -0.25) is 9.59 Å².